The molecule has 1 fully saturated rings. The van der Waals surface area contributed by atoms with Gasteiger partial charge in [-0.3, -0.25) is 9.59 Å². The van der Waals surface area contributed by atoms with Crippen molar-refractivity contribution in [2.75, 3.05) is 19.6 Å². The number of rotatable bonds is 5. The molecule has 5 nitrogen and oxygen atoms in total. The van der Waals surface area contributed by atoms with Gasteiger partial charge in [0, 0.05) is 25.6 Å². The second-order valence-electron chi connectivity index (χ2n) is 3.60. The van der Waals surface area contributed by atoms with Gasteiger partial charge in [0.2, 0.25) is 5.91 Å². The van der Waals surface area contributed by atoms with E-state index in [2.05, 4.69) is 11.9 Å². The topological polar surface area (TPSA) is 69.6 Å². The maximum Gasteiger partial charge on any atom is 0.303 e. The molecule has 0 radical (unpaired) electrons. The molecule has 0 aromatic heterocycles. The lowest BCUT2D eigenvalue weighted by Crippen LogP contribution is -2.54. The lowest BCUT2D eigenvalue weighted by Gasteiger charge is -2.32. The Bertz CT molecular complexity index is 265. The molecule has 2 N–H and O–H groups in total. The monoisotopic (exact) mass is 212 g/mol. The van der Waals surface area contributed by atoms with E-state index in [1.54, 1.807) is 11.0 Å². The van der Waals surface area contributed by atoms with Crippen LogP contribution in [0.15, 0.2) is 12.7 Å². The number of carbonyl (C=O) groups is 2. The molecule has 1 rings (SSSR count). The van der Waals surface area contributed by atoms with Crippen LogP contribution in [0.3, 0.4) is 0 Å². The first-order valence-corrected chi connectivity index (χ1v) is 4.97. The fourth-order valence-corrected chi connectivity index (χ4v) is 1.60. The number of nitrogens with one attached hydrogen (secondary N) is 1. The van der Waals surface area contributed by atoms with Crippen LogP contribution in [-0.2, 0) is 9.59 Å². The highest BCUT2D eigenvalue weighted by Crippen LogP contribution is 2.06. The smallest absolute Gasteiger partial charge is 0.303 e. The standard InChI is InChI=1S/C10H16N2O3/c1-2-5-12-7-8(3-4-10(14)15)11-6-9(12)13/h2,8,11H,1,3-7H2,(H,14,15). The van der Waals surface area contributed by atoms with Crippen LogP contribution >= 0.6 is 0 Å². The van der Waals surface area contributed by atoms with E-state index < -0.39 is 5.97 Å². The summed E-state index contributed by atoms with van der Waals surface area (Å²) >= 11 is 0. The van der Waals surface area contributed by atoms with E-state index in [1.165, 1.54) is 0 Å². The Balaban J connectivity index is 2.39. The maximum absolute atomic E-state index is 11.4. The summed E-state index contributed by atoms with van der Waals surface area (Å²) in [5.41, 5.74) is 0. The van der Waals surface area contributed by atoms with Crippen LogP contribution in [0.25, 0.3) is 0 Å². The van der Waals surface area contributed by atoms with Crippen molar-refractivity contribution in [3.8, 4) is 0 Å². The van der Waals surface area contributed by atoms with Gasteiger partial charge in [-0.1, -0.05) is 6.08 Å². The van der Waals surface area contributed by atoms with E-state index in [0.29, 0.717) is 19.5 Å². The van der Waals surface area contributed by atoms with Gasteiger partial charge in [0.15, 0.2) is 0 Å². The molecular weight excluding hydrogens is 196 g/mol. The van der Waals surface area contributed by atoms with Gasteiger partial charge in [0.1, 0.15) is 0 Å². The second-order valence-corrected chi connectivity index (χ2v) is 3.60. The van der Waals surface area contributed by atoms with Crippen molar-refractivity contribution < 1.29 is 14.7 Å². The molecule has 84 valence electrons. The van der Waals surface area contributed by atoms with Crippen LogP contribution in [0.4, 0.5) is 0 Å². The van der Waals surface area contributed by atoms with Gasteiger partial charge in [-0.05, 0) is 6.42 Å². The molecular formula is C10H16N2O3. The molecule has 1 aliphatic heterocycles. The third-order valence-corrected chi connectivity index (χ3v) is 2.39. The second kappa shape index (κ2) is 5.50. The van der Waals surface area contributed by atoms with E-state index in [1.807, 2.05) is 0 Å². The minimum absolute atomic E-state index is 0.0430. The van der Waals surface area contributed by atoms with Gasteiger partial charge < -0.3 is 15.3 Å². The first-order chi connectivity index (χ1) is 7.13. The average molecular weight is 212 g/mol. The van der Waals surface area contributed by atoms with Crippen LogP contribution in [0, 0.1) is 0 Å². The molecule has 0 bridgehead atoms. The van der Waals surface area contributed by atoms with Gasteiger partial charge in [0.25, 0.3) is 0 Å². The number of hydrogen-bond donors (Lipinski definition) is 2. The van der Waals surface area contributed by atoms with Gasteiger partial charge in [-0.15, -0.1) is 6.58 Å². The molecule has 1 unspecified atom stereocenters. The third-order valence-electron chi connectivity index (χ3n) is 2.39. The first kappa shape index (κ1) is 11.7. The zero-order valence-corrected chi connectivity index (χ0v) is 8.61. The molecule has 0 saturated carbocycles. The number of carbonyl (C=O) groups excluding carboxylic acids is 1. The molecule has 1 aliphatic rings. The normalized spacial score (nSPS) is 21.5. The summed E-state index contributed by atoms with van der Waals surface area (Å²) in [7, 11) is 0. The minimum atomic E-state index is -0.802. The molecule has 1 amide bonds. The molecule has 0 aromatic rings. The number of nitrogens with zero attached hydrogens (tertiary/aromatic N) is 1. The van der Waals surface area contributed by atoms with Crippen LogP contribution in [-0.4, -0.2) is 47.6 Å². The molecule has 1 heterocycles. The van der Waals surface area contributed by atoms with Gasteiger partial charge in [0.05, 0.1) is 6.54 Å². The number of aliphatic carboxylic acids is 1. The fraction of sp³-hybridized carbons (Fsp3) is 0.600. The lowest BCUT2D eigenvalue weighted by molar-refractivity contribution is -0.137. The van der Waals surface area contributed by atoms with Gasteiger partial charge in [-0.25, -0.2) is 0 Å². The van der Waals surface area contributed by atoms with E-state index in [9.17, 15) is 9.59 Å². The molecule has 0 aliphatic carbocycles. The van der Waals surface area contributed by atoms with Crippen molar-refractivity contribution in [1.29, 1.82) is 0 Å². The highest BCUT2D eigenvalue weighted by Gasteiger charge is 2.24. The zero-order chi connectivity index (χ0) is 11.3. The number of piperazine rings is 1. The van der Waals surface area contributed by atoms with Crippen molar-refractivity contribution in [2.45, 2.75) is 18.9 Å². The Morgan fingerprint density at radius 1 is 1.73 bits per heavy atom. The predicted molar refractivity (Wildman–Crippen MR) is 55.4 cm³/mol. The fourth-order valence-electron chi connectivity index (χ4n) is 1.60. The van der Waals surface area contributed by atoms with Crippen molar-refractivity contribution >= 4 is 11.9 Å². The average Bonchev–Trinajstić information content (AvgIpc) is 2.19. The van der Waals surface area contributed by atoms with E-state index >= 15 is 0 Å². The summed E-state index contributed by atoms with van der Waals surface area (Å²) < 4.78 is 0. The van der Waals surface area contributed by atoms with Crippen LogP contribution in [0.2, 0.25) is 0 Å². The Labute approximate surface area is 88.8 Å². The van der Waals surface area contributed by atoms with Crippen molar-refractivity contribution in [3.05, 3.63) is 12.7 Å². The lowest BCUT2D eigenvalue weighted by atomic mass is 10.1. The minimum Gasteiger partial charge on any atom is -0.481 e. The molecule has 1 saturated heterocycles. The van der Waals surface area contributed by atoms with Crippen molar-refractivity contribution in [2.24, 2.45) is 0 Å². The largest absolute Gasteiger partial charge is 0.481 e. The van der Waals surface area contributed by atoms with E-state index in [0.717, 1.165) is 0 Å². The summed E-state index contributed by atoms with van der Waals surface area (Å²) in [6.07, 6.45) is 2.36. The predicted octanol–water partition coefficient (Wildman–Crippen LogP) is -0.162. The van der Waals surface area contributed by atoms with Crippen LogP contribution in [0.1, 0.15) is 12.8 Å². The summed E-state index contributed by atoms with van der Waals surface area (Å²) in [4.78, 5) is 23.4. The Hall–Kier alpha value is -1.36. The van der Waals surface area contributed by atoms with Crippen LogP contribution in [0.5, 0.6) is 0 Å². The zero-order valence-electron chi connectivity index (χ0n) is 8.61. The van der Waals surface area contributed by atoms with Gasteiger partial charge >= 0.3 is 5.97 Å². The summed E-state index contributed by atoms with van der Waals surface area (Å²) in [5.74, 6) is -0.759. The Morgan fingerprint density at radius 3 is 3.07 bits per heavy atom. The molecule has 0 aromatic carbocycles. The SMILES string of the molecule is C=CCN1CC(CCC(=O)O)NCC1=O. The van der Waals surface area contributed by atoms with Gasteiger partial charge in [-0.2, -0.15) is 0 Å². The molecule has 15 heavy (non-hydrogen) atoms. The highest BCUT2D eigenvalue weighted by atomic mass is 16.4. The van der Waals surface area contributed by atoms with E-state index in [-0.39, 0.29) is 24.9 Å². The Kier molecular flexibility index (Phi) is 4.30. The number of carboxylic acids is 1. The quantitative estimate of drug-likeness (QED) is 0.621. The van der Waals surface area contributed by atoms with Crippen molar-refractivity contribution in [1.82, 2.24) is 10.2 Å². The molecule has 0 spiro atoms. The first-order valence-electron chi connectivity index (χ1n) is 4.97. The van der Waals surface area contributed by atoms with Crippen LogP contribution < -0.4 is 5.32 Å². The summed E-state index contributed by atoms with van der Waals surface area (Å²) in [6, 6.07) is 0.0822. The number of hydrogen-bond acceptors (Lipinski definition) is 3. The van der Waals surface area contributed by atoms with Crippen molar-refractivity contribution in [3.63, 3.8) is 0 Å². The molecule has 5 heteroatoms. The van der Waals surface area contributed by atoms with E-state index in [4.69, 9.17) is 5.11 Å². The Morgan fingerprint density at radius 2 is 2.47 bits per heavy atom. The third kappa shape index (κ3) is 3.71. The number of amides is 1. The molecule has 1 atom stereocenters. The number of carboxylic acid groups (broad SMARTS) is 1. The maximum atomic E-state index is 11.4. The summed E-state index contributed by atoms with van der Waals surface area (Å²) in [5, 5.41) is 11.6. The highest BCUT2D eigenvalue weighted by molar-refractivity contribution is 5.79. The summed E-state index contributed by atoms with van der Waals surface area (Å²) in [6.45, 7) is 4.97.